The first-order chi connectivity index (χ1) is 8.27. The summed E-state index contributed by atoms with van der Waals surface area (Å²) in [6.07, 6.45) is 0. The van der Waals surface area contributed by atoms with Crippen LogP contribution in [0.15, 0.2) is 22.7 Å². The van der Waals surface area contributed by atoms with Gasteiger partial charge in [0.1, 0.15) is 5.54 Å². The Kier molecular flexibility index (Phi) is 4.51. The van der Waals surface area contributed by atoms with Crippen molar-refractivity contribution in [1.82, 2.24) is 5.32 Å². The molecular weight excluding hydrogens is 298 g/mol. The van der Waals surface area contributed by atoms with E-state index in [4.69, 9.17) is 0 Å². The van der Waals surface area contributed by atoms with Crippen molar-refractivity contribution in [2.75, 3.05) is 7.11 Å². The highest BCUT2D eigenvalue weighted by atomic mass is 79.9. The molecule has 0 fully saturated rings. The van der Waals surface area contributed by atoms with Gasteiger partial charge in [0.05, 0.1) is 7.11 Å². The summed E-state index contributed by atoms with van der Waals surface area (Å²) in [7, 11) is 1.29. The molecule has 18 heavy (non-hydrogen) atoms. The molecule has 0 bridgehead atoms. The van der Waals surface area contributed by atoms with Crippen LogP contribution in [-0.4, -0.2) is 24.5 Å². The van der Waals surface area contributed by atoms with E-state index in [1.807, 2.05) is 6.92 Å². The predicted octanol–water partition coefficient (Wildman–Crippen LogP) is 2.44. The maximum absolute atomic E-state index is 12.0. The molecule has 98 valence electrons. The van der Waals surface area contributed by atoms with Crippen LogP contribution in [0.2, 0.25) is 0 Å². The Bertz CT molecular complexity index is 483. The summed E-state index contributed by atoms with van der Waals surface area (Å²) in [5.74, 6) is -0.786. The van der Waals surface area contributed by atoms with E-state index in [9.17, 15) is 9.59 Å². The maximum Gasteiger partial charge on any atom is 0.330 e. The summed E-state index contributed by atoms with van der Waals surface area (Å²) < 4.78 is 5.57. The number of aryl methyl sites for hydroxylation is 1. The smallest absolute Gasteiger partial charge is 0.330 e. The third-order valence-corrected chi connectivity index (χ3v) is 3.43. The molecule has 0 aliphatic heterocycles. The Labute approximate surface area is 115 Å². The minimum atomic E-state index is -1.05. The Morgan fingerprint density at radius 2 is 1.94 bits per heavy atom. The maximum atomic E-state index is 12.0. The first-order valence-electron chi connectivity index (χ1n) is 5.45. The molecule has 0 atom stereocenters. The SMILES string of the molecule is COC(=O)C(C)(C)NC(=O)c1ccc(Br)c(C)c1. The number of nitrogens with one attached hydrogen (secondary N) is 1. The van der Waals surface area contributed by atoms with E-state index >= 15 is 0 Å². The standard InChI is InChI=1S/C13H16BrNO3/c1-8-7-9(5-6-10(8)14)11(16)15-13(2,3)12(17)18-4/h5-7H,1-4H3,(H,15,16). The molecule has 4 nitrogen and oxygen atoms in total. The molecule has 0 aliphatic carbocycles. The highest BCUT2D eigenvalue weighted by Gasteiger charge is 2.30. The second-order valence-electron chi connectivity index (χ2n) is 4.53. The fourth-order valence-electron chi connectivity index (χ4n) is 1.45. The Hall–Kier alpha value is -1.36. The van der Waals surface area contributed by atoms with Crippen molar-refractivity contribution < 1.29 is 14.3 Å². The number of carbonyl (C=O) groups excluding carboxylic acids is 2. The molecule has 1 aromatic rings. The topological polar surface area (TPSA) is 55.4 Å². The highest BCUT2D eigenvalue weighted by molar-refractivity contribution is 9.10. The molecule has 0 aromatic heterocycles. The Balaban J connectivity index is 2.89. The summed E-state index contributed by atoms with van der Waals surface area (Å²) in [5.41, 5.74) is 0.415. The fourth-order valence-corrected chi connectivity index (χ4v) is 1.69. The number of hydrogen-bond acceptors (Lipinski definition) is 3. The lowest BCUT2D eigenvalue weighted by atomic mass is 10.0. The monoisotopic (exact) mass is 313 g/mol. The summed E-state index contributed by atoms with van der Waals surface area (Å²) in [6.45, 7) is 5.09. The summed E-state index contributed by atoms with van der Waals surface area (Å²) >= 11 is 3.37. The van der Waals surface area contributed by atoms with Gasteiger partial charge < -0.3 is 10.1 Å². The molecule has 1 aromatic carbocycles. The lowest BCUT2D eigenvalue weighted by Gasteiger charge is -2.23. The van der Waals surface area contributed by atoms with E-state index in [-0.39, 0.29) is 5.91 Å². The summed E-state index contributed by atoms with van der Waals surface area (Å²) in [5, 5.41) is 2.64. The third-order valence-electron chi connectivity index (χ3n) is 2.54. The van der Waals surface area contributed by atoms with Crippen molar-refractivity contribution in [1.29, 1.82) is 0 Å². The largest absolute Gasteiger partial charge is 0.467 e. The van der Waals surface area contributed by atoms with Crippen LogP contribution < -0.4 is 5.32 Å². The van der Waals surface area contributed by atoms with Gasteiger partial charge in [-0.15, -0.1) is 0 Å². The van der Waals surface area contributed by atoms with Crippen molar-refractivity contribution in [3.63, 3.8) is 0 Å². The van der Waals surface area contributed by atoms with Crippen molar-refractivity contribution >= 4 is 27.8 Å². The van der Waals surface area contributed by atoms with Crippen LogP contribution in [0, 0.1) is 6.92 Å². The summed E-state index contributed by atoms with van der Waals surface area (Å²) in [6, 6.07) is 5.25. The van der Waals surface area contributed by atoms with Gasteiger partial charge in [-0.2, -0.15) is 0 Å². The zero-order chi connectivity index (χ0) is 13.9. The number of carbonyl (C=O) groups is 2. The van der Waals surface area contributed by atoms with Crippen LogP contribution >= 0.6 is 15.9 Å². The van der Waals surface area contributed by atoms with Crippen LogP contribution in [0.1, 0.15) is 29.8 Å². The second kappa shape index (κ2) is 5.52. The van der Waals surface area contributed by atoms with Crippen molar-refractivity contribution in [2.45, 2.75) is 26.3 Å². The first kappa shape index (κ1) is 14.7. The average molecular weight is 314 g/mol. The van der Waals surface area contributed by atoms with E-state index in [2.05, 4.69) is 26.0 Å². The van der Waals surface area contributed by atoms with Crippen LogP contribution in [0.25, 0.3) is 0 Å². The number of halogens is 1. The van der Waals surface area contributed by atoms with E-state index in [0.29, 0.717) is 5.56 Å². The van der Waals surface area contributed by atoms with Gasteiger partial charge in [-0.25, -0.2) is 4.79 Å². The predicted molar refractivity (Wildman–Crippen MR) is 72.4 cm³/mol. The molecule has 5 heteroatoms. The number of hydrogen-bond donors (Lipinski definition) is 1. The minimum absolute atomic E-state index is 0.305. The van der Waals surface area contributed by atoms with Crippen molar-refractivity contribution in [3.05, 3.63) is 33.8 Å². The van der Waals surface area contributed by atoms with Crippen LogP contribution in [0.5, 0.6) is 0 Å². The minimum Gasteiger partial charge on any atom is -0.467 e. The van der Waals surface area contributed by atoms with E-state index < -0.39 is 11.5 Å². The van der Waals surface area contributed by atoms with Gasteiger partial charge in [0, 0.05) is 10.0 Å². The Morgan fingerprint density at radius 1 is 1.33 bits per heavy atom. The van der Waals surface area contributed by atoms with Gasteiger partial charge in [0.15, 0.2) is 0 Å². The normalized spacial score (nSPS) is 10.9. The molecule has 0 unspecified atom stereocenters. The van der Waals surface area contributed by atoms with Crippen molar-refractivity contribution in [3.8, 4) is 0 Å². The molecule has 0 radical (unpaired) electrons. The fraction of sp³-hybridized carbons (Fsp3) is 0.385. The van der Waals surface area contributed by atoms with Crippen LogP contribution in [0.4, 0.5) is 0 Å². The average Bonchev–Trinajstić information content (AvgIpc) is 2.30. The Morgan fingerprint density at radius 3 is 2.44 bits per heavy atom. The highest BCUT2D eigenvalue weighted by Crippen LogP contribution is 2.17. The molecule has 0 saturated heterocycles. The van der Waals surface area contributed by atoms with E-state index in [0.717, 1.165) is 10.0 Å². The number of amides is 1. The molecule has 0 spiro atoms. The van der Waals surface area contributed by atoms with Gasteiger partial charge in [-0.1, -0.05) is 15.9 Å². The molecule has 0 saturated carbocycles. The quantitative estimate of drug-likeness (QED) is 0.872. The molecule has 0 aliphatic rings. The zero-order valence-corrected chi connectivity index (χ0v) is 12.4. The van der Waals surface area contributed by atoms with E-state index in [1.165, 1.54) is 7.11 Å². The number of methoxy groups -OCH3 is 1. The van der Waals surface area contributed by atoms with Crippen LogP contribution in [-0.2, 0) is 9.53 Å². The second-order valence-corrected chi connectivity index (χ2v) is 5.39. The lowest BCUT2D eigenvalue weighted by molar-refractivity contribution is -0.146. The molecule has 1 rings (SSSR count). The number of rotatable bonds is 3. The van der Waals surface area contributed by atoms with Gasteiger partial charge in [-0.05, 0) is 44.5 Å². The van der Waals surface area contributed by atoms with E-state index in [1.54, 1.807) is 32.0 Å². The van der Waals surface area contributed by atoms with Gasteiger partial charge >= 0.3 is 5.97 Å². The number of ether oxygens (including phenoxy) is 1. The first-order valence-corrected chi connectivity index (χ1v) is 6.24. The molecule has 0 heterocycles. The molecule has 1 N–H and O–H groups in total. The lowest BCUT2D eigenvalue weighted by Crippen LogP contribution is -2.50. The number of esters is 1. The van der Waals surface area contributed by atoms with Gasteiger partial charge in [0.25, 0.3) is 5.91 Å². The van der Waals surface area contributed by atoms with Gasteiger partial charge in [-0.3, -0.25) is 4.79 Å². The summed E-state index contributed by atoms with van der Waals surface area (Å²) in [4.78, 5) is 23.5. The molecular formula is C13H16BrNO3. The number of benzene rings is 1. The zero-order valence-electron chi connectivity index (χ0n) is 10.8. The van der Waals surface area contributed by atoms with Gasteiger partial charge in [0.2, 0.25) is 0 Å². The van der Waals surface area contributed by atoms with Crippen LogP contribution in [0.3, 0.4) is 0 Å². The van der Waals surface area contributed by atoms with Crippen molar-refractivity contribution in [2.24, 2.45) is 0 Å². The molecule has 1 amide bonds. The third kappa shape index (κ3) is 3.32.